The van der Waals surface area contributed by atoms with E-state index >= 15 is 0 Å². The molecule has 3 unspecified atom stereocenters. The average Bonchev–Trinajstić information content (AvgIpc) is 2.95. The topological polar surface area (TPSA) is 91.8 Å². The van der Waals surface area contributed by atoms with E-state index in [0.29, 0.717) is 24.7 Å². The van der Waals surface area contributed by atoms with E-state index in [9.17, 15) is 8.42 Å². The first-order valence-electron chi connectivity index (χ1n) is 7.88. The van der Waals surface area contributed by atoms with Gasteiger partial charge < -0.3 is 15.4 Å². The fraction of sp³-hybridized carbons (Fsp3) is 0.929. The predicted molar refractivity (Wildman–Crippen MR) is 87.5 cm³/mol. The van der Waals surface area contributed by atoms with E-state index in [1.807, 2.05) is 20.8 Å². The van der Waals surface area contributed by atoms with Crippen molar-refractivity contribution in [2.24, 2.45) is 4.99 Å². The highest BCUT2D eigenvalue weighted by atomic mass is 32.2. The Morgan fingerprint density at radius 2 is 2.09 bits per heavy atom. The van der Waals surface area contributed by atoms with Crippen LogP contribution in [0.4, 0.5) is 0 Å². The van der Waals surface area contributed by atoms with Crippen molar-refractivity contribution in [2.75, 3.05) is 19.3 Å². The summed E-state index contributed by atoms with van der Waals surface area (Å²) in [6, 6.07) is 0.294. The summed E-state index contributed by atoms with van der Waals surface area (Å²) in [4.78, 5) is 4.53. The SMILES string of the molecule is CCNC(=NCC(C)(C)NS(C)(=O)=O)NC1CC2CCC1O2. The van der Waals surface area contributed by atoms with Crippen molar-refractivity contribution >= 4 is 16.0 Å². The van der Waals surface area contributed by atoms with E-state index in [4.69, 9.17) is 4.74 Å². The number of hydrogen-bond donors (Lipinski definition) is 3. The number of fused-ring (bicyclic) bond motifs is 2. The molecule has 3 atom stereocenters. The van der Waals surface area contributed by atoms with Crippen molar-refractivity contribution < 1.29 is 13.2 Å². The Kier molecular flexibility index (Phi) is 5.34. The zero-order chi connectivity index (χ0) is 16.4. The molecule has 0 amide bonds. The van der Waals surface area contributed by atoms with Gasteiger partial charge >= 0.3 is 0 Å². The van der Waals surface area contributed by atoms with Gasteiger partial charge in [-0.25, -0.2) is 13.1 Å². The molecule has 2 aliphatic heterocycles. The molecule has 2 bridgehead atoms. The van der Waals surface area contributed by atoms with Crippen LogP contribution in [0.5, 0.6) is 0 Å². The van der Waals surface area contributed by atoms with Gasteiger partial charge in [-0.05, 0) is 40.0 Å². The summed E-state index contributed by atoms with van der Waals surface area (Å²) in [6.07, 6.45) is 5.09. The monoisotopic (exact) mass is 332 g/mol. The second kappa shape index (κ2) is 6.72. The molecule has 2 aliphatic rings. The Morgan fingerprint density at radius 1 is 1.36 bits per heavy atom. The summed E-state index contributed by atoms with van der Waals surface area (Å²) >= 11 is 0. The van der Waals surface area contributed by atoms with Crippen LogP contribution in [-0.4, -0.2) is 57.5 Å². The lowest BCUT2D eigenvalue weighted by atomic mass is 9.96. The Morgan fingerprint density at radius 3 is 2.59 bits per heavy atom. The predicted octanol–water partition coefficient (Wildman–Crippen LogP) is 0.189. The third kappa shape index (κ3) is 5.10. The van der Waals surface area contributed by atoms with Crippen molar-refractivity contribution in [1.82, 2.24) is 15.4 Å². The molecule has 22 heavy (non-hydrogen) atoms. The standard InChI is InChI=1S/C14H28N4O3S/c1-5-15-13(16-9-14(2,3)18-22(4,19)20)17-11-8-10-6-7-12(11)21-10/h10-12,18H,5-9H2,1-4H3,(H2,15,16,17). The van der Waals surface area contributed by atoms with Crippen LogP contribution in [0.15, 0.2) is 4.99 Å². The summed E-state index contributed by atoms with van der Waals surface area (Å²) in [6.45, 7) is 6.77. The van der Waals surface area contributed by atoms with Gasteiger partial charge in [0.15, 0.2) is 5.96 Å². The molecule has 2 fully saturated rings. The zero-order valence-corrected chi connectivity index (χ0v) is 14.7. The van der Waals surface area contributed by atoms with Crippen LogP contribution >= 0.6 is 0 Å². The maximum atomic E-state index is 11.4. The molecule has 2 heterocycles. The van der Waals surface area contributed by atoms with Crippen molar-refractivity contribution in [3.05, 3.63) is 0 Å². The maximum Gasteiger partial charge on any atom is 0.209 e. The number of nitrogens with zero attached hydrogens (tertiary/aromatic N) is 1. The molecule has 0 aliphatic carbocycles. The lowest BCUT2D eigenvalue weighted by molar-refractivity contribution is 0.0992. The summed E-state index contributed by atoms with van der Waals surface area (Å²) < 4.78 is 31.2. The highest BCUT2D eigenvalue weighted by Gasteiger charge is 2.41. The van der Waals surface area contributed by atoms with E-state index in [1.54, 1.807) is 0 Å². The third-order valence-electron chi connectivity index (χ3n) is 3.87. The second-order valence-corrected chi connectivity index (χ2v) is 8.56. The van der Waals surface area contributed by atoms with E-state index in [2.05, 4.69) is 20.3 Å². The number of ether oxygens (including phenoxy) is 1. The van der Waals surface area contributed by atoms with Crippen LogP contribution in [-0.2, 0) is 14.8 Å². The Labute approximate surface area is 133 Å². The number of aliphatic imine (C=N–C) groups is 1. The molecular formula is C14H28N4O3S. The minimum Gasteiger partial charge on any atom is -0.373 e. The zero-order valence-electron chi connectivity index (χ0n) is 13.8. The van der Waals surface area contributed by atoms with Gasteiger partial charge in [0.1, 0.15) is 0 Å². The molecule has 0 aromatic rings. The largest absolute Gasteiger partial charge is 0.373 e. The molecule has 128 valence electrons. The molecule has 0 radical (unpaired) electrons. The maximum absolute atomic E-state index is 11.4. The normalized spacial score (nSPS) is 28.9. The van der Waals surface area contributed by atoms with Crippen LogP contribution in [0.1, 0.15) is 40.0 Å². The van der Waals surface area contributed by atoms with Crippen molar-refractivity contribution in [2.45, 2.75) is 63.8 Å². The minimum absolute atomic E-state index is 0.274. The molecule has 0 aromatic heterocycles. The fourth-order valence-corrected chi connectivity index (χ4v) is 4.16. The Balaban J connectivity index is 1.95. The van der Waals surface area contributed by atoms with E-state index in [1.165, 1.54) is 0 Å². The third-order valence-corrected chi connectivity index (χ3v) is 4.79. The minimum atomic E-state index is -3.25. The van der Waals surface area contributed by atoms with Gasteiger partial charge in [-0.3, -0.25) is 4.99 Å². The van der Waals surface area contributed by atoms with Crippen LogP contribution in [0.3, 0.4) is 0 Å². The molecule has 8 heteroatoms. The van der Waals surface area contributed by atoms with Crippen LogP contribution < -0.4 is 15.4 Å². The number of rotatable bonds is 6. The highest BCUT2D eigenvalue weighted by Crippen LogP contribution is 2.34. The van der Waals surface area contributed by atoms with E-state index < -0.39 is 15.6 Å². The van der Waals surface area contributed by atoms with E-state index in [0.717, 1.165) is 32.1 Å². The summed E-state index contributed by atoms with van der Waals surface area (Å²) in [5, 5.41) is 6.63. The van der Waals surface area contributed by atoms with Crippen molar-refractivity contribution in [3.8, 4) is 0 Å². The second-order valence-electron chi connectivity index (χ2n) is 6.81. The summed E-state index contributed by atoms with van der Waals surface area (Å²) in [7, 11) is -3.25. The first-order valence-corrected chi connectivity index (χ1v) is 9.77. The molecule has 0 spiro atoms. The average molecular weight is 332 g/mol. The van der Waals surface area contributed by atoms with Crippen LogP contribution in [0, 0.1) is 0 Å². The molecule has 7 nitrogen and oxygen atoms in total. The Bertz CT molecular complexity index is 518. The molecule has 0 saturated carbocycles. The summed E-state index contributed by atoms with van der Waals surface area (Å²) in [5.74, 6) is 0.715. The number of hydrogen-bond acceptors (Lipinski definition) is 4. The molecular weight excluding hydrogens is 304 g/mol. The Hall–Kier alpha value is -0.860. The molecule has 2 saturated heterocycles. The van der Waals surface area contributed by atoms with Crippen molar-refractivity contribution in [3.63, 3.8) is 0 Å². The van der Waals surface area contributed by atoms with Gasteiger partial charge in [-0.15, -0.1) is 0 Å². The van der Waals surface area contributed by atoms with Gasteiger partial charge in [0, 0.05) is 12.1 Å². The van der Waals surface area contributed by atoms with E-state index in [-0.39, 0.29) is 6.10 Å². The highest BCUT2D eigenvalue weighted by molar-refractivity contribution is 7.88. The number of guanidine groups is 1. The lowest BCUT2D eigenvalue weighted by Gasteiger charge is -2.25. The fourth-order valence-electron chi connectivity index (χ4n) is 3.10. The van der Waals surface area contributed by atoms with Gasteiger partial charge in [-0.1, -0.05) is 0 Å². The lowest BCUT2D eigenvalue weighted by Crippen LogP contribution is -2.49. The first-order chi connectivity index (χ1) is 10.2. The van der Waals surface area contributed by atoms with Crippen molar-refractivity contribution in [1.29, 1.82) is 0 Å². The van der Waals surface area contributed by atoms with Crippen LogP contribution in [0.25, 0.3) is 0 Å². The smallest absolute Gasteiger partial charge is 0.209 e. The van der Waals surface area contributed by atoms with Gasteiger partial charge in [-0.2, -0.15) is 0 Å². The quantitative estimate of drug-likeness (QED) is 0.477. The molecule has 3 N–H and O–H groups in total. The van der Waals surface area contributed by atoms with Gasteiger partial charge in [0.25, 0.3) is 0 Å². The first kappa shape index (κ1) is 17.5. The number of sulfonamides is 1. The molecule has 0 aromatic carbocycles. The number of nitrogens with one attached hydrogen (secondary N) is 3. The molecule has 2 rings (SSSR count). The van der Waals surface area contributed by atoms with Crippen LogP contribution in [0.2, 0.25) is 0 Å². The summed E-state index contributed by atoms with van der Waals surface area (Å²) in [5.41, 5.74) is -0.624. The van der Waals surface area contributed by atoms with Gasteiger partial charge in [0.05, 0.1) is 31.1 Å². The van der Waals surface area contributed by atoms with Gasteiger partial charge in [0.2, 0.25) is 10.0 Å².